The fourth-order valence-corrected chi connectivity index (χ4v) is 1.36. The molecule has 0 bridgehead atoms. The standard InChI is InChI=1S/C10H10ClNO.ClH/c1-3-7-4-9(11)8(6-12)10(5-7)13-2;/h1,4-5H,6,12H2,2H3;1H. The predicted octanol–water partition coefficient (Wildman–Crippen LogP) is 2.21. The van der Waals surface area contributed by atoms with Crippen molar-refractivity contribution in [2.24, 2.45) is 5.73 Å². The number of hydrogen-bond donors (Lipinski definition) is 1. The summed E-state index contributed by atoms with van der Waals surface area (Å²) in [5.41, 5.74) is 6.98. The van der Waals surface area contributed by atoms with Crippen LogP contribution in [0.4, 0.5) is 0 Å². The highest BCUT2D eigenvalue weighted by molar-refractivity contribution is 6.31. The molecule has 0 aliphatic heterocycles. The van der Waals surface area contributed by atoms with E-state index in [0.29, 0.717) is 22.9 Å². The predicted molar refractivity (Wildman–Crippen MR) is 61.1 cm³/mol. The molecule has 0 amide bonds. The van der Waals surface area contributed by atoms with Crippen molar-refractivity contribution in [3.8, 4) is 18.1 Å². The zero-order chi connectivity index (χ0) is 9.84. The molecule has 2 N–H and O–H groups in total. The Labute approximate surface area is 94.8 Å². The molecule has 0 fully saturated rings. The van der Waals surface area contributed by atoms with Gasteiger partial charge in [-0.25, -0.2) is 0 Å². The van der Waals surface area contributed by atoms with Crippen LogP contribution in [0, 0.1) is 12.3 Å². The number of benzene rings is 1. The van der Waals surface area contributed by atoms with Gasteiger partial charge in [-0.3, -0.25) is 0 Å². The molecule has 76 valence electrons. The van der Waals surface area contributed by atoms with E-state index < -0.39 is 0 Å². The Bertz CT molecular complexity index is 358. The Hall–Kier alpha value is -0.880. The number of nitrogens with two attached hydrogens (primary N) is 1. The summed E-state index contributed by atoms with van der Waals surface area (Å²) in [5, 5.41) is 0.551. The molecule has 0 aliphatic rings. The first-order valence-corrected chi connectivity index (χ1v) is 4.13. The number of hydrogen-bond acceptors (Lipinski definition) is 2. The molecule has 1 rings (SSSR count). The van der Waals surface area contributed by atoms with E-state index in [1.165, 1.54) is 0 Å². The van der Waals surface area contributed by atoms with E-state index >= 15 is 0 Å². The summed E-state index contributed by atoms with van der Waals surface area (Å²) in [4.78, 5) is 0. The summed E-state index contributed by atoms with van der Waals surface area (Å²) in [6.45, 7) is 0.340. The first-order valence-electron chi connectivity index (χ1n) is 3.76. The van der Waals surface area contributed by atoms with Crippen molar-refractivity contribution < 1.29 is 4.74 Å². The van der Waals surface area contributed by atoms with Gasteiger partial charge in [0.1, 0.15) is 5.75 Å². The van der Waals surface area contributed by atoms with Crippen LogP contribution in [-0.4, -0.2) is 7.11 Å². The van der Waals surface area contributed by atoms with Gasteiger partial charge < -0.3 is 10.5 Å². The van der Waals surface area contributed by atoms with Gasteiger partial charge in [-0.05, 0) is 12.1 Å². The van der Waals surface area contributed by atoms with Crippen molar-refractivity contribution in [2.45, 2.75) is 6.54 Å². The molecule has 1 aromatic rings. The number of halogens is 2. The average molecular weight is 232 g/mol. The van der Waals surface area contributed by atoms with Crippen LogP contribution >= 0.6 is 24.0 Å². The smallest absolute Gasteiger partial charge is 0.126 e. The molecule has 1 aromatic carbocycles. The molecule has 0 aromatic heterocycles. The van der Waals surface area contributed by atoms with E-state index in [1.54, 1.807) is 19.2 Å². The number of rotatable bonds is 2. The van der Waals surface area contributed by atoms with Gasteiger partial charge in [0.15, 0.2) is 0 Å². The van der Waals surface area contributed by atoms with Gasteiger partial charge in [-0.2, -0.15) is 0 Å². The Morgan fingerprint density at radius 1 is 1.57 bits per heavy atom. The largest absolute Gasteiger partial charge is 0.496 e. The van der Waals surface area contributed by atoms with Crippen LogP contribution in [-0.2, 0) is 6.54 Å². The molecular formula is C10H11Cl2NO. The molecule has 4 heteroatoms. The van der Waals surface area contributed by atoms with E-state index in [0.717, 1.165) is 5.56 Å². The molecule has 0 atom stereocenters. The van der Waals surface area contributed by atoms with Crippen molar-refractivity contribution in [1.29, 1.82) is 0 Å². The summed E-state index contributed by atoms with van der Waals surface area (Å²) in [5.74, 6) is 3.13. The van der Waals surface area contributed by atoms with Gasteiger partial charge in [0.2, 0.25) is 0 Å². The maximum absolute atomic E-state index is 5.94. The van der Waals surface area contributed by atoms with Crippen molar-refractivity contribution in [3.05, 3.63) is 28.3 Å². The third-order valence-corrected chi connectivity index (χ3v) is 2.08. The van der Waals surface area contributed by atoms with Crippen molar-refractivity contribution in [3.63, 3.8) is 0 Å². The third-order valence-electron chi connectivity index (χ3n) is 1.75. The van der Waals surface area contributed by atoms with E-state index in [-0.39, 0.29) is 12.4 Å². The van der Waals surface area contributed by atoms with Crippen LogP contribution in [0.5, 0.6) is 5.75 Å². The second kappa shape index (κ2) is 5.77. The minimum Gasteiger partial charge on any atom is -0.496 e. The van der Waals surface area contributed by atoms with Crippen molar-refractivity contribution in [1.82, 2.24) is 0 Å². The fraction of sp³-hybridized carbons (Fsp3) is 0.200. The molecule has 0 saturated carbocycles. The first-order chi connectivity index (χ1) is 6.22. The Morgan fingerprint density at radius 2 is 2.21 bits per heavy atom. The maximum atomic E-state index is 5.94. The van der Waals surface area contributed by atoms with Crippen LogP contribution in [0.25, 0.3) is 0 Å². The second-order valence-electron chi connectivity index (χ2n) is 2.49. The molecule has 2 nitrogen and oxygen atoms in total. The van der Waals surface area contributed by atoms with Crippen molar-refractivity contribution in [2.75, 3.05) is 7.11 Å². The second-order valence-corrected chi connectivity index (χ2v) is 2.89. The van der Waals surface area contributed by atoms with Crippen LogP contribution < -0.4 is 10.5 Å². The van der Waals surface area contributed by atoms with Crippen LogP contribution in [0.2, 0.25) is 5.02 Å². The lowest BCUT2D eigenvalue weighted by Gasteiger charge is -2.08. The van der Waals surface area contributed by atoms with E-state index in [9.17, 15) is 0 Å². The minimum atomic E-state index is 0. The average Bonchev–Trinajstić information content (AvgIpc) is 2.16. The maximum Gasteiger partial charge on any atom is 0.126 e. The SMILES string of the molecule is C#Cc1cc(Cl)c(CN)c(OC)c1.Cl. The summed E-state index contributed by atoms with van der Waals surface area (Å²) in [7, 11) is 1.56. The highest BCUT2D eigenvalue weighted by Crippen LogP contribution is 2.27. The van der Waals surface area contributed by atoms with Gasteiger partial charge in [0.25, 0.3) is 0 Å². The van der Waals surface area contributed by atoms with Crippen LogP contribution in [0.3, 0.4) is 0 Å². The Morgan fingerprint density at radius 3 is 2.64 bits per heavy atom. The summed E-state index contributed by atoms with van der Waals surface area (Å²) >= 11 is 5.94. The van der Waals surface area contributed by atoms with Crippen LogP contribution in [0.15, 0.2) is 12.1 Å². The number of methoxy groups -OCH3 is 1. The monoisotopic (exact) mass is 231 g/mol. The van der Waals surface area contributed by atoms with Crippen LogP contribution in [0.1, 0.15) is 11.1 Å². The molecule has 0 heterocycles. The molecule has 14 heavy (non-hydrogen) atoms. The topological polar surface area (TPSA) is 35.2 Å². The summed E-state index contributed by atoms with van der Waals surface area (Å²) in [6.07, 6.45) is 5.24. The zero-order valence-electron chi connectivity index (χ0n) is 7.71. The summed E-state index contributed by atoms with van der Waals surface area (Å²) < 4.78 is 5.10. The van der Waals surface area contributed by atoms with Crippen molar-refractivity contribution >= 4 is 24.0 Å². The number of ether oxygens (including phenoxy) is 1. The first kappa shape index (κ1) is 13.1. The van der Waals surface area contributed by atoms with Gasteiger partial charge in [0.05, 0.1) is 7.11 Å². The lowest BCUT2D eigenvalue weighted by atomic mass is 10.1. The third kappa shape index (κ3) is 2.55. The van der Waals surface area contributed by atoms with Gasteiger partial charge in [-0.15, -0.1) is 18.8 Å². The molecule has 0 saturated heterocycles. The minimum absolute atomic E-state index is 0. The van der Waals surface area contributed by atoms with Gasteiger partial charge >= 0.3 is 0 Å². The van der Waals surface area contributed by atoms with E-state index in [4.69, 9.17) is 28.5 Å². The molecular weight excluding hydrogens is 221 g/mol. The quantitative estimate of drug-likeness (QED) is 0.793. The normalized spacial score (nSPS) is 8.71. The fourth-order valence-electron chi connectivity index (χ4n) is 1.07. The molecule has 0 aliphatic carbocycles. The van der Waals surface area contributed by atoms with E-state index in [2.05, 4.69) is 5.92 Å². The highest BCUT2D eigenvalue weighted by atomic mass is 35.5. The highest BCUT2D eigenvalue weighted by Gasteiger charge is 2.07. The molecule has 0 radical (unpaired) electrons. The number of terminal acetylenes is 1. The van der Waals surface area contributed by atoms with E-state index in [1.807, 2.05) is 0 Å². The summed E-state index contributed by atoms with van der Waals surface area (Å²) in [6, 6.07) is 3.44. The molecule has 0 unspecified atom stereocenters. The zero-order valence-corrected chi connectivity index (χ0v) is 9.28. The lowest BCUT2D eigenvalue weighted by Crippen LogP contribution is -2.01. The van der Waals surface area contributed by atoms with Gasteiger partial charge in [-0.1, -0.05) is 17.5 Å². The Balaban J connectivity index is 0.00000169. The lowest BCUT2D eigenvalue weighted by molar-refractivity contribution is 0.410. The molecule has 0 spiro atoms. The van der Waals surface area contributed by atoms with Gasteiger partial charge in [0, 0.05) is 22.7 Å². The Kier molecular flexibility index (Phi) is 5.40.